The van der Waals surface area contributed by atoms with Crippen LogP contribution in [0, 0.1) is 3.57 Å². The van der Waals surface area contributed by atoms with E-state index in [1.165, 1.54) is 18.2 Å². The van der Waals surface area contributed by atoms with Crippen LogP contribution < -0.4 is 0 Å². The van der Waals surface area contributed by atoms with Crippen molar-refractivity contribution >= 4 is 36.5 Å². The van der Waals surface area contributed by atoms with Gasteiger partial charge in [-0.15, -0.1) is 0 Å². The second kappa shape index (κ2) is 4.41. The second-order valence-corrected chi connectivity index (χ2v) is 5.80. The molecule has 0 aliphatic rings. The van der Waals surface area contributed by atoms with Crippen LogP contribution in [-0.2, 0) is 6.14 Å². The zero-order chi connectivity index (χ0) is 13.4. The zero-order valence-electron chi connectivity index (χ0n) is 8.75. The summed E-state index contributed by atoms with van der Waals surface area (Å²) in [5.74, 6) is -2.43. The van der Waals surface area contributed by atoms with Gasteiger partial charge >= 0.3 is 25.8 Å². The van der Waals surface area contributed by atoms with Gasteiger partial charge in [0.2, 0.25) is 0 Å². The third-order valence-electron chi connectivity index (χ3n) is 2.44. The third kappa shape index (κ3) is 1.86. The minimum Gasteiger partial charge on any atom is -0.507 e. The van der Waals surface area contributed by atoms with Crippen molar-refractivity contribution in [3.8, 4) is 11.5 Å². The number of phenolic OH excluding ortho intramolecular Hbond substituents is 1. The second-order valence-electron chi connectivity index (χ2n) is 3.48. The van der Waals surface area contributed by atoms with Crippen LogP contribution in [0.2, 0.25) is 0 Å². The highest BCUT2D eigenvalue weighted by atomic mass is 127. The molecule has 0 amide bonds. The van der Waals surface area contributed by atoms with E-state index in [1.807, 2.05) is 0 Å². The molecule has 0 unspecified atom stereocenters. The summed E-state index contributed by atoms with van der Waals surface area (Å²) in [7, 11) is 0. The van der Waals surface area contributed by atoms with Crippen LogP contribution in [0.4, 0.5) is 0 Å². The smallest absolute Gasteiger partial charge is 0.342 e. The molecule has 0 heterocycles. The number of carboxylic acid groups (broad SMARTS) is 1. The number of carbonyl (C=O) groups is 1. The topological polar surface area (TPSA) is 112 Å². The fourth-order valence-corrected chi connectivity index (χ4v) is 3.61. The first kappa shape index (κ1) is 12.6. The van der Waals surface area contributed by atoms with E-state index in [2.05, 4.69) is 0 Å². The van der Waals surface area contributed by atoms with Gasteiger partial charge in [-0.25, -0.2) is 10.9 Å². The normalized spacial score (nSPS) is 10.9. The van der Waals surface area contributed by atoms with Gasteiger partial charge in [-0.1, -0.05) is 12.1 Å². The van der Waals surface area contributed by atoms with Gasteiger partial charge in [0.1, 0.15) is 20.6 Å². The van der Waals surface area contributed by atoms with Crippen molar-refractivity contribution in [3.05, 3.63) is 33.4 Å². The van der Waals surface area contributed by atoms with Gasteiger partial charge in [-0.2, -0.15) is 0 Å². The van der Waals surface area contributed by atoms with Crippen LogP contribution >= 0.6 is 19.8 Å². The van der Waals surface area contributed by atoms with E-state index in [0.717, 1.165) is 6.07 Å². The van der Waals surface area contributed by atoms with Crippen molar-refractivity contribution in [2.45, 2.75) is 0 Å². The molecule has 7 heteroatoms. The molecule has 0 saturated heterocycles. The van der Waals surface area contributed by atoms with Crippen LogP contribution in [0.3, 0.4) is 0 Å². The molecule has 2 aromatic rings. The van der Waals surface area contributed by atoms with Crippen molar-refractivity contribution in [2.24, 2.45) is 0 Å². The molecule has 6 nitrogen and oxygen atoms in total. The number of halogens is 1. The molecule has 0 aliphatic heterocycles. The average Bonchev–Trinajstić information content (AvgIpc) is 2.28. The van der Waals surface area contributed by atoms with Crippen molar-refractivity contribution in [1.82, 2.24) is 0 Å². The number of carboxylic acids is 1. The van der Waals surface area contributed by atoms with Gasteiger partial charge in [0.25, 0.3) is 0 Å². The first-order valence-electron chi connectivity index (χ1n) is 4.69. The molecule has 0 aliphatic carbocycles. The van der Waals surface area contributed by atoms with Gasteiger partial charge in [-0.3, -0.25) is 0 Å². The number of benzene rings is 2. The Hall–Kier alpha value is -1.90. The minimum absolute atomic E-state index is 0.0976. The lowest BCUT2D eigenvalue weighted by Gasteiger charge is -2.07. The van der Waals surface area contributed by atoms with Gasteiger partial charge in [0, 0.05) is 10.8 Å². The van der Waals surface area contributed by atoms with Crippen molar-refractivity contribution in [2.75, 3.05) is 0 Å². The lowest BCUT2D eigenvalue weighted by atomic mass is 10.1. The molecule has 0 aromatic heterocycles. The lowest BCUT2D eigenvalue weighted by Crippen LogP contribution is -2.01. The quantitative estimate of drug-likeness (QED) is 0.707. The molecular formula is C11H7IO6. The van der Waals surface area contributed by atoms with Gasteiger partial charge in [0.15, 0.2) is 0 Å². The average molecular weight is 362 g/mol. The number of aromatic carboxylic acids is 1. The molecule has 0 bridgehead atoms. The van der Waals surface area contributed by atoms with Crippen LogP contribution in [0.25, 0.3) is 10.8 Å². The monoisotopic (exact) mass is 362 g/mol. The third-order valence-corrected chi connectivity index (χ3v) is 4.45. The van der Waals surface area contributed by atoms with Gasteiger partial charge in [0.05, 0.1) is 0 Å². The first-order chi connectivity index (χ1) is 8.43. The fourth-order valence-electron chi connectivity index (χ4n) is 1.72. The van der Waals surface area contributed by atoms with Crippen molar-refractivity contribution in [1.29, 1.82) is 0 Å². The van der Waals surface area contributed by atoms with Crippen LogP contribution in [-0.4, -0.2) is 21.3 Å². The fraction of sp³-hybridized carbons (Fsp3) is 0. The molecule has 2 aromatic carbocycles. The molecule has 0 saturated carbocycles. The summed E-state index contributed by atoms with van der Waals surface area (Å²) in [6.45, 7) is 0. The van der Waals surface area contributed by atoms with Crippen LogP contribution in [0.15, 0.2) is 24.3 Å². The summed E-state index contributed by atoms with van der Waals surface area (Å²) in [5.41, 5.74) is -0.650. The van der Waals surface area contributed by atoms with E-state index in [1.54, 1.807) is 0 Å². The maximum absolute atomic E-state index is 11.3. The van der Waals surface area contributed by atoms with Crippen LogP contribution in [0.5, 0.6) is 11.5 Å². The molecular weight excluding hydrogens is 355 g/mol. The summed E-state index contributed by atoms with van der Waals surface area (Å²) in [6, 6.07) is 5.15. The Morgan fingerprint density at radius 1 is 1.06 bits per heavy atom. The zero-order valence-corrected chi connectivity index (χ0v) is 10.9. The standard InChI is InChI=1S/C11H7IO6/c13-7-3-1-2-5-6(7)4-8(14)9(11(15)16)10(5)12(17)18/h1-4,13-14H,(H,15,16). The summed E-state index contributed by atoms with van der Waals surface area (Å²) < 4.78 is 22.1. The highest BCUT2D eigenvalue weighted by Gasteiger charge is 2.23. The Kier molecular flexibility index (Phi) is 3.07. The van der Waals surface area contributed by atoms with E-state index in [4.69, 9.17) is 5.11 Å². The summed E-state index contributed by atoms with van der Waals surface area (Å²) in [5, 5.41) is 28.3. The van der Waals surface area contributed by atoms with E-state index < -0.39 is 40.6 Å². The maximum Gasteiger partial charge on any atom is 0.342 e. The van der Waals surface area contributed by atoms with Crippen molar-refractivity contribution in [3.63, 3.8) is 0 Å². The molecule has 0 atom stereocenters. The Labute approximate surface area is 108 Å². The SMILES string of the molecule is O=C(O)c1c(O)cc2c(O)cccc2c1I(=O)=O. The summed E-state index contributed by atoms with van der Waals surface area (Å²) in [6.07, 6.45) is 0. The molecule has 0 spiro atoms. The first-order valence-corrected chi connectivity index (χ1v) is 7.53. The van der Waals surface area contributed by atoms with Crippen LogP contribution in [0.1, 0.15) is 10.4 Å². The largest absolute Gasteiger partial charge is 0.507 e. The maximum atomic E-state index is 11.3. The molecule has 3 N–H and O–H groups in total. The minimum atomic E-state index is -4.15. The summed E-state index contributed by atoms with van der Waals surface area (Å²) in [4.78, 5) is 11.0. The lowest BCUT2D eigenvalue weighted by molar-refractivity contribution is 0.0692. The molecule has 0 fully saturated rings. The number of fused-ring (bicyclic) bond motifs is 1. The van der Waals surface area contributed by atoms with E-state index >= 15 is 0 Å². The number of hydrogen-bond acceptors (Lipinski definition) is 5. The Bertz CT molecular complexity index is 724. The highest BCUT2D eigenvalue weighted by molar-refractivity contribution is 14.2. The van der Waals surface area contributed by atoms with E-state index in [-0.39, 0.29) is 16.5 Å². The summed E-state index contributed by atoms with van der Waals surface area (Å²) >= 11 is -4.15. The van der Waals surface area contributed by atoms with Gasteiger partial charge in [-0.05, 0) is 12.1 Å². The highest BCUT2D eigenvalue weighted by Crippen LogP contribution is 2.38. The molecule has 0 radical (unpaired) electrons. The predicted octanol–water partition coefficient (Wildman–Crippen LogP) is 2.32. The van der Waals surface area contributed by atoms with Gasteiger partial charge < -0.3 is 15.3 Å². The molecule has 94 valence electrons. The Morgan fingerprint density at radius 3 is 2.28 bits per heavy atom. The van der Waals surface area contributed by atoms with E-state index in [0.29, 0.717) is 0 Å². The van der Waals surface area contributed by atoms with E-state index in [9.17, 15) is 21.1 Å². The Morgan fingerprint density at radius 2 is 1.72 bits per heavy atom. The number of hydrogen-bond donors (Lipinski definition) is 3. The molecule has 2 rings (SSSR count). The number of rotatable bonds is 2. The Balaban J connectivity index is 3.09. The molecule has 18 heavy (non-hydrogen) atoms. The number of aromatic hydroxyl groups is 2. The number of phenols is 2. The van der Waals surface area contributed by atoms with Crippen molar-refractivity contribution < 1.29 is 26.3 Å². The predicted molar refractivity (Wildman–Crippen MR) is 68.3 cm³/mol.